The van der Waals surface area contributed by atoms with Gasteiger partial charge in [0, 0.05) is 29.9 Å². The van der Waals surface area contributed by atoms with Gasteiger partial charge in [-0.15, -0.1) is 19.7 Å². The number of nitrogens with zero attached hydrogens (tertiary/aromatic N) is 2. The van der Waals surface area contributed by atoms with Gasteiger partial charge in [-0.2, -0.15) is 0 Å². The second-order valence-electron chi connectivity index (χ2n) is 15.9. The third-order valence-electron chi connectivity index (χ3n) is 10.9. The number of methoxy groups -OCH3 is 1. The summed E-state index contributed by atoms with van der Waals surface area (Å²) in [7, 11) is 3.61. The van der Waals surface area contributed by atoms with E-state index in [-0.39, 0.29) is 16.5 Å². The van der Waals surface area contributed by atoms with Crippen molar-refractivity contribution in [2.24, 2.45) is 27.1 Å². The van der Waals surface area contributed by atoms with Crippen LogP contribution in [0.5, 0.6) is 5.75 Å². The molecular formula is C55H87ClFN5O. The predicted octanol–water partition coefficient (Wildman–Crippen LogP) is 15.2. The van der Waals surface area contributed by atoms with Gasteiger partial charge in [0.05, 0.1) is 29.1 Å². The van der Waals surface area contributed by atoms with E-state index in [0.29, 0.717) is 46.5 Å². The number of halogens is 2. The van der Waals surface area contributed by atoms with Crippen molar-refractivity contribution in [1.82, 2.24) is 5.32 Å². The topological polar surface area (TPSA) is 84.0 Å². The molecule has 6 nitrogen and oxygen atoms in total. The van der Waals surface area contributed by atoms with Crippen molar-refractivity contribution in [3.05, 3.63) is 136 Å². The molecule has 4 rings (SSSR count). The number of benzene rings is 3. The lowest BCUT2D eigenvalue weighted by Gasteiger charge is -2.56. The Morgan fingerprint density at radius 1 is 0.968 bits per heavy atom. The lowest BCUT2D eigenvalue weighted by atomic mass is 9.55. The fraction of sp³-hybridized carbons (Fsp3) is 0.491. The zero-order valence-corrected chi connectivity index (χ0v) is 43.2. The molecule has 0 amide bonds. The normalized spacial score (nSPS) is 15.8. The highest BCUT2D eigenvalue weighted by molar-refractivity contribution is 6.36. The van der Waals surface area contributed by atoms with E-state index in [1.165, 1.54) is 16.7 Å². The highest BCUT2D eigenvalue weighted by Gasteiger charge is 2.51. The molecule has 0 bridgehead atoms. The molecule has 2 atom stereocenters. The lowest BCUT2D eigenvalue weighted by molar-refractivity contribution is 0.0376. The summed E-state index contributed by atoms with van der Waals surface area (Å²) in [4.78, 5) is 9.06. The first kappa shape index (κ1) is 60.8. The zero-order valence-electron chi connectivity index (χ0n) is 42.5. The third kappa shape index (κ3) is 18.0. The number of rotatable bonds is 15. The van der Waals surface area contributed by atoms with Gasteiger partial charge < -0.3 is 21.1 Å². The molecule has 0 aromatic heterocycles. The Labute approximate surface area is 390 Å². The molecule has 0 aliphatic heterocycles. The third-order valence-corrected chi connectivity index (χ3v) is 11.3. The minimum absolute atomic E-state index is 0.0700. The van der Waals surface area contributed by atoms with Gasteiger partial charge in [-0.05, 0) is 151 Å². The Bertz CT molecular complexity index is 1870. The van der Waals surface area contributed by atoms with Crippen molar-refractivity contribution in [3.8, 4) is 5.75 Å². The summed E-state index contributed by atoms with van der Waals surface area (Å²) in [5.74, 6) is 0.898. The van der Waals surface area contributed by atoms with Crippen LogP contribution in [-0.2, 0) is 19.4 Å². The predicted molar refractivity (Wildman–Crippen MR) is 282 cm³/mol. The first-order valence-corrected chi connectivity index (χ1v) is 23.2. The van der Waals surface area contributed by atoms with E-state index in [2.05, 4.69) is 117 Å². The van der Waals surface area contributed by atoms with Crippen LogP contribution in [0.4, 0.5) is 10.1 Å². The van der Waals surface area contributed by atoms with Gasteiger partial charge in [0.1, 0.15) is 11.6 Å². The molecule has 1 saturated carbocycles. The van der Waals surface area contributed by atoms with Crippen LogP contribution in [0.15, 0.2) is 102 Å². The van der Waals surface area contributed by atoms with Gasteiger partial charge in [0.25, 0.3) is 0 Å². The average molecular weight is 889 g/mol. The maximum Gasteiger partial charge on any atom is 0.137 e. The van der Waals surface area contributed by atoms with Gasteiger partial charge in [-0.1, -0.05) is 116 Å². The molecule has 1 aliphatic carbocycles. The van der Waals surface area contributed by atoms with E-state index in [0.717, 1.165) is 61.3 Å². The number of anilines is 1. The number of nitrogens with two attached hydrogens (primary N) is 1. The molecule has 3 aromatic rings. The van der Waals surface area contributed by atoms with Crippen molar-refractivity contribution in [2.45, 2.75) is 141 Å². The highest BCUT2D eigenvalue weighted by atomic mass is 35.5. The molecule has 1 aliphatic rings. The van der Waals surface area contributed by atoms with E-state index < -0.39 is 5.82 Å². The first-order valence-electron chi connectivity index (χ1n) is 22.8. The number of nitrogens with one attached hydrogen (secondary N) is 2. The largest absolute Gasteiger partial charge is 0.497 e. The summed E-state index contributed by atoms with van der Waals surface area (Å²) in [6.45, 7) is 43.8. The fourth-order valence-electron chi connectivity index (χ4n) is 7.68. The van der Waals surface area contributed by atoms with Crippen molar-refractivity contribution >= 4 is 35.4 Å². The van der Waals surface area contributed by atoms with Crippen LogP contribution in [0.2, 0.25) is 5.02 Å². The number of aliphatic imine (C=N–C) groups is 2. The van der Waals surface area contributed by atoms with E-state index >= 15 is 4.39 Å². The van der Waals surface area contributed by atoms with Crippen LogP contribution >= 0.6 is 11.6 Å². The standard InChI is InChI=1S/C37H52ClFN4.C9H13NO.C3H6.2C2H6.C2H4/c1-11-27-15-17-28(18-16-27)14-13-23(3)24(4)34(41-10)31-32(38)35(30(25(5)33(31)39)26(6)42-12-2)43-37(21-22-40)20-19-29(37)36(7,8)9;1-10-7-8-3-5-9(11-2)6-4-8;1-3-2;3*1-2/h13,15-18,29,43H,10-12,14,19-22,40H2,1-9H3;3-6,10H,7H2,1-2H3;3H,1H2,2H3;2*1-2H3;1-2H2/b23-13-,34-24-,42-26?;;;;;. The molecule has 0 heterocycles. The summed E-state index contributed by atoms with van der Waals surface area (Å²) in [5, 5.41) is 7.27. The zero-order chi connectivity index (χ0) is 48.9. The number of allylic oxidation sites excluding steroid dienone is 4. The smallest absolute Gasteiger partial charge is 0.137 e. The molecule has 0 spiro atoms. The second kappa shape index (κ2) is 32.4. The first-order chi connectivity index (χ1) is 30.0. The maximum absolute atomic E-state index is 16.5. The second-order valence-corrected chi connectivity index (χ2v) is 16.3. The SMILES string of the molecule is C=C.C=CC.C=N/C(=C(C)\C(C)=C/Cc1ccc(CC)cc1)c1c(F)c(C)c(C(C)=NCC)c(NC2(CCN)CCC2C(C)(C)C)c1Cl.CC.CC.CNCc1ccc(OC)cc1. The van der Waals surface area contributed by atoms with Crippen LogP contribution in [0.25, 0.3) is 5.70 Å². The maximum atomic E-state index is 16.5. The van der Waals surface area contributed by atoms with Crippen molar-refractivity contribution < 1.29 is 9.13 Å². The Morgan fingerprint density at radius 3 is 1.90 bits per heavy atom. The van der Waals surface area contributed by atoms with E-state index in [1.54, 1.807) is 20.1 Å². The number of aryl methyl sites for hydroxylation is 1. The number of hydrogen-bond acceptors (Lipinski definition) is 6. The summed E-state index contributed by atoms with van der Waals surface area (Å²) in [6, 6.07) is 16.7. The molecule has 63 heavy (non-hydrogen) atoms. The van der Waals surface area contributed by atoms with Crippen molar-refractivity contribution in [3.63, 3.8) is 0 Å². The van der Waals surface area contributed by atoms with Crippen LogP contribution in [0, 0.1) is 24.1 Å². The van der Waals surface area contributed by atoms with Gasteiger partial charge in [-0.3, -0.25) is 9.98 Å². The summed E-state index contributed by atoms with van der Waals surface area (Å²) in [5.41, 5.74) is 15.1. The van der Waals surface area contributed by atoms with Gasteiger partial charge in [0.2, 0.25) is 0 Å². The van der Waals surface area contributed by atoms with Gasteiger partial charge >= 0.3 is 0 Å². The van der Waals surface area contributed by atoms with E-state index in [1.807, 2.05) is 81.5 Å². The fourth-order valence-corrected chi connectivity index (χ4v) is 8.00. The molecule has 1 fully saturated rings. The van der Waals surface area contributed by atoms with Gasteiger partial charge in [-0.25, -0.2) is 4.39 Å². The monoisotopic (exact) mass is 888 g/mol. The minimum Gasteiger partial charge on any atom is -0.497 e. The van der Waals surface area contributed by atoms with Crippen LogP contribution < -0.4 is 21.1 Å². The minimum atomic E-state index is -0.394. The van der Waals surface area contributed by atoms with Gasteiger partial charge in [0.15, 0.2) is 0 Å². The highest BCUT2D eigenvalue weighted by Crippen LogP contribution is 2.54. The Hall–Kier alpha value is -4.30. The molecule has 0 radical (unpaired) electrons. The number of ether oxygens (including phenoxy) is 1. The van der Waals surface area contributed by atoms with Crippen molar-refractivity contribution in [1.29, 1.82) is 0 Å². The van der Waals surface area contributed by atoms with Crippen LogP contribution in [-0.4, -0.2) is 45.2 Å². The molecular weight excluding hydrogens is 801 g/mol. The number of hydrogen-bond donors (Lipinski definition) is 3. The molecule has 4 N–H and O–H groups in total. The lowest BCUT2D eigenvalue weighted by Crippen LogP contribution is -2.59. The Kier molecular flexibility index (Phi) is 31.2. The summed E-state index contributed by atoms with van der Waals surface area (Å²) < 4.78 is 21.5. The summed E-state index contributed by atoms with van der Waals surface area (Å²) in [6.07, 6.45) is 8.55. The van der Waals surface area contributed by atoms with Crippen molar-refractivity contribution in [2.75, 3.05) is 32.6 Å². The van der Waals surface area contributed by atoms with Crippen LogP contribution in [0.3, 0.4) is 0 Å². The molecule has 8 heteroatoms. The molecule has 0 saturated heterocycles. The summed E-state index contributed by atoms with van der Waals surface area (Å²) >= 11 is 7.28. The molecule has 3 aromatic carbocycles. The van der Waals surface area contributed by atoms with Crippen LogP contribution in [0.1, 0.15) is 143 Å². The van der Waals surface area contributed by atoms with E-state index in [9.17, 15) is 0 Å². The van der Waals surface area contributed by atoms with E-state index in [4.69, 9.17) is 22.1 Å². The molecule has 2 unspecified atom stereocenters. The Morgan fingerprint density at radius 2 is 1.49 bits per heavy atom. The average Bonchev–Trinajstić information content (AvgIpc) is 3.28. The molecule has 352 valence electrons. The Balaban J connectivity index is 0. The quantitative estimate of drug-likeness (QED) is 0.0806.